The van der Waals surface area contributed by atoms with Crippen molar-refractivity contribution in [3.63, 3.8) is 0 Å². The van der Waals surface area contributed by atoms with Crippen molar-refractivity contribution in [3.8, 4) is 5.75 Å². The van der Waals surface area contributed by atoms with Crippen LogP contribution in [-0.2, 0) is 28.3 Å². The number of benzene rings is 3. The molecule has 0 fully saturated rings. The summed E-state index contributed by atoms with van der Waals surface area (Å²) in [5, 5.41) is 3.03. The first-order valence-electron chi connectivity index (χ1n) is 12.3. The molecule has 0 bridgehead atoms. The first-order chi connectivity index (χ1) is 17.4. The SMILES string of the molecule is COc1cccc(CN(C(=O)CSCc2cccc(C)c2)C(Cc2ccccc2)C(=O)NC(C)C)c1. The Morgan fingerprint density at radius 3 is 2.31 bits per heavy atom. The van der Waals surface area contributed by atoms with Gasteiger partial charge in [0.25, 0.3) is 0 Å². The molecule has 190 valence electrons. The normalized spacial score (nSPS) is 11.7. The van der Waals surface area contributed by atoms with Crippen molar-refractivity contribution in [1.29, 1.82) is 0 Å². The van der Waals surface area contributed by atoms with Crippen LogP contribution in [0.4, 0.5) is 0 Å². The van der Waals surface area contributed by atoms with E-state index in [2.05, 4.69) is 30.4 Å². The molecule has 1 atom stereocenters. The standard InChI is InChI=1S/C30H36N2O3S/c1-22(2)31-30(34)28(18-24-11-6-5-7-12-24)32(19-25-13-9-15-27(17-25)35-4)29(33)21-36-20-26-14-8-10-23(3)16-26/h5-17,22,28H,18-21H2,1-4H3,(H,31,34). The Morgan fingerprint density at radius 1 is 0.917 bits per heavy atom. The van der Waals surface area contributed by atoms with E-state index in [1.165, 1.54) is 11.1 Å². The van der Waals surface area contributed by atoms with Crippen molar-refractivity contribution >= 4 is 23.6 Å². The summed E-state index contributed by atoms with van der Waals surface area (Å²) in [7, 11) is 1.62. The van der Waals surface area contributed by atoms with Crippen LogP contribution in [0.15, 0.2) is 78.9 Å². The lowest BCUT2D eigenvalue weighted by Gasteiger charge is -2.32. The van der Waals surface area contributed by atoms with Gasteiger partial charge in [0.1, 0.15) is 11.8 Å². The van der Waals surface area contributed by atoms with Crippen molar-refractivity contribution < 1.29 is 14.3 Å². The predicted molar refractivity (Wildman–Crippen MR) is 148 cm³/mol. The van der Waals surface area contributed by atoms with E-state index >= 15 is 0 Å². The second-order valence-electron chi connectivity index (χ2n) is 9.22. The van der Waals surface area contributed by atoms with Gasteiger partial charge in [-0.2, -0.15) is 0 Å². The maximum absolute atomic E-state index is 13.7. The molecule has 1 unspecified atom stereocenters. The number of thioether (sulfide) groups is 1. The number of ether oxygens (including phenoxy) is 1. The average molecular weight is 505 g/mol. The van der Waals surface area contributed by atoms with Gasteiger partial charge in [0.05, 0.1) is 12.9 Å². The van der Waals surface area contributed by atoms with E-state index in [-0.39, 0.29) is 23.6 Å². The number of hydrogen-bond acceptors (Lipinski definition) is 4. The van der Waals surface area contributed by atoms with Crippen LogP contribution in [0, 0.1) is 6.92 Å². The summed E-state index contributed by atoms with van der Waals surface area (Å²) in [6, 6.07) is 25.2. The number of carbonyl (C=O) groups excluding carboxylic acids is 2. The van der Waals surface area contributed by atoms with Gasteiger partial charge in [-0.3, -0.25) is 9.59 Å². The fourth-order valence-electron chi connectivity index (χ4n) is 4.04. The number of methoxy groups -OCH3 is 1. The molecule has 1 N–H and O–H groups in total. The summed E-state index contributed by atoms with van der Waals surface area (Å²) in [6.07, 6.45) is 0.442. The summed E-state index contributed by atoms with van der Waals surface area (Å²) >= 11 is 1.57. The van der Waals surface area contributed by atoms with Crippen molar-refractivity contribution in [2.75, 3.05) is 12.9 Å². The molecule has 0 saturated heterocycles. The van der Waals surface area contributed by atoms with E-state index in [4.69, 9.17) is 4.74 Å². The second kappa shape index (κ2) is 13.7. The Balaban J connectivity index is 1.86. The van der Waals surface area contributed by atoms with Crippen LogP contribution in [0.3, 0.4) is 0 Å². The first kappa shape index (κ1) is 27.3. The van der Waals surface area contributed by atoms with Gasteiger partial charge in [0.2, 0.25) is 11.8 Å². The third-order valence-electron chi connectivity index (χ3n) is 5.77. The number of nitrogens with one attached hydrogen (secondary N) is 1. The Bertz CT molecular complexity index is 1130. The predicted octanol–water partition coefficient (Wildman–Crippen LogP) is 5.40. The number of aryl methyl sites for hydroxylation is 1. The monoisotopic (exact) mass is 504 g/mol. The van der Waals surface area contributed by atoms with Gasteiger partial charge in [-0.15, -0.1) is 11.8 Å². The summed E-state index contributed by atoms with van der Waals surface area (Å²) in [5.74, 6) is 1.55. The van der Waals surface area contributed by atoms with Crippen LogP contribution >= 0.6 is 11.8 Å². The van der Waals surface area contributed by atoms with Gasteiger partial charge < -0.3 is 15.0 Å². The minimum absolute atomic E-state index is 0.0276. The van der Waals surface area contributed by atoms with E-state index in [1.807, 2.05) is 74.5 Å². The minimum Gasteiger partial charge on any atom is -0.497 e. The number of rotatable bonds is 12. The molecule has 5 nitrogen and oxygen atoms in total. The van der Waals surface area contributed by atoms with Crippen molar-refractivity contribution in [1.82, 2.24) is 10.2 Å². The van der Waals surface area contributed by atoms with Crippen molar-refractivity contribution in [2.24, 2.45) is 0 Å². The molecule has 3 aromatic rings. The van der Waals surface area contributed by atoms with Crippen LogP contribution in [-0.4, -0.2) is 41.7 Å². The largest absolute Gasteiger partial charge is 0.497 e. The first-order valence-corrected chi connectivity index (χ1v) is 13.4. The zero-order valence-corrected chi connectivity index (χ0v) is 22.4. The quantitative estimate of drug-likeness (QED) is 0.359. The van der Waals surface area contributed by atoms with E-state index in [0.717, 1.165) is 22.6 Å². The van der Waals surface area contributed by atoms with Crippen LogP contribution in [0.1, 0.15) is 36.1 Å². The van der Waals surface area contributed by atoms with E-state index in [1.54, 1.807) is 23.8 Å². The molecule has 36 heavy (non-hydrogen) atoms. The summed E-state index contributed by atoms with van der Waals surface area (Å²) < 4.78 is 5.39. The maximum Gasteiger partial charge on any atom is 0.243 e. The Kier molecular flexibility index (Phi) is 10.4. The fraction of sp³-hybridized carbons (Fsp3) is 0.333. The average Bonchev–Trinajstić information content (AvgIpc) is 2.86. The van der Waals surface area contributed by atoms with Gasteiger partial charge in [-0.25, -0.2) is 0 Å². The lowest BCUT2D eigenvalue weighted by atomic mass is 10.0. The van der Waals surface area contributed by atoms with Gasteiger partial charge in [-0.05, 0) is 49.6 Å². The van der Waals surface area contributed by atoms with Gasteiger partial charge in [-0.1, -0.05) is 72.3 Å². The Labute approximate surface area is 219 Å². The van der Waals surface area contributed by atoms with Crippen molar-refractivity contribution in [2.45, 2.75) is 51.6 Å². The molecule has 0 spiro atoms. The topological polar surface area (TPSA) is 58.6 Å². The lowest BCUT2D eigenvalue weighted by Crippen LogP contribution is -2.52. The zero-order valence-electron chi connectivity index (χ0n) is 21.6. The number of amides is 2. The number of carbonyl (C=O) groups is 2. The van der Waals surface area contributed by atoms with Crippen LogP contribution < -0.4 is 10.1 Å². The Hall–Kier alpha value is -3.25. The maximum atomic E-state index is 13.7. The molecule has 0 aromatic heterocycles. The van der Waals surface area contributed by atoms with E-state index in [9.17, 15) is 9.59 Å². The molecule has 0 saturated carbocycles. The summed E-state index contributed by atoms with van der Waals surface area (Å²) in [4.78, 5) is 28.8. The second-order valence-corrected chi connectivity index (χ2v) is 10.2. The van der Waals surface area contributed by atoms with E-state index < -0.39 is 6.04 Å². The molecular formula is C30H36N2O3S. The third kappa shape index (κ3) is 8.45. The molecular weight excluding hydrogens is 468 g/mol. The molecule has 0 aliphatic heterocycles. The number of hydrogen-bond donors (Lipinski definition) is 1. The molecule has 2 amide bonds. The van der Waals surface area contributed by atoms with Crippen LogP contribution in [0.5, 0.6) is 5.75 Å². The highest BCUT2D eigenvalue weighted by Crippen LogP contribution is 2.21. The molecule has 6 heteroatoms. The van der Waals surface area contributed by atoms with Gasteiger partial charge in [0, 0.05) is 24.8 Å². The third-order valence-corrected chi connectivity index (χ3v) is 6.75. The van der Waals surface area contributed by atoms with Crippen molar-refractivity contribution in [3.05, 3.63) is 101 Å². The molecule has 0 radical (unpaired) electrons. The fourth-order valence-corrected chi connectivity index (χ4v) is 4.90. The summed E-state index contributed by atoms with van der Waals surface area (Å²) in [5.41, 5.74) is 4.32. The highest BCUT2D eigenvalue weighted by atomic mass is 32.2. The highest BCUT2D eigenvalue weighted by molar-refractivity contribution is 7.99. The Morgan fingerprint density at radius 2 is 1.61 bits per heavy atom. The van der Waals surface area contributed by atoms with E-state index in [0.29, 0.717) is 13.0 Å². The molecule has 0 aliphatic carbocycles. The van der Waals surface area contributed by atoms with Gasteiger partial charge in [0.15, 0.2) is 0 Å². The van der Waals surface area contributed by atoms with Crippen LogP contribution in [0.2, 0.25) is 0 Å². The van der Waals surface area contributed by atoms with Gasteiger partial charge >= 0.3 is 0 Å². The zero-order chi connectivity index (χ0) is 25.9. The smallest absolute Gasteiger partial charge is 0.243 e. The van der Waals surface area contributed by atoms with Crippen LogP contribution in [0.25, 0.3) is 0 Å². The molecule has 0 aliphatic rings. The minimum atomic E-state index is -0.631. The molecule has 0 heterocycles. The summed E-state index contributed by atoms with van der Waals surface area (Å²) in [6.45, 7) is 6.26. The molecule has 3 aromatic carbocycles. The highest BCUT2D eigenvalue weighted by Gasteiger charge is 2.30. The molecule has 3 rings (SSSR count). The number of nitrogens with zero attached hydrogens (tertiary/aromatic N) is 1. The lowest BCUT2D eigenvalue weighted by molar-refractivity contribution is -0.139.